The molecule has 1 aliphatic heterocycles. The van der Waals surface area contributed by atoms with Gasteiger partial charge in [-0.3, -0.25) is 0 Å². The largest absolute Gasteiger partial charge is 0.399 e. The molecule has 0 unspecified atom stereocenters. The second-order valence-corrected chi connectivity index (χ2v) is 5.98. The first-order valence-corrected chi connectivity index (χ1v) is 7.31. The van der Waals surface area contributed by atoms with Gasteiger partial charge in [-0.05, 0) is 37.5 Å². The number of hydrogen-bond donors (Lipinski definition) is 3. The summed E-state index contributed by atoms with van der Waals surface area (Å²) in [7, 11) is 2.38. The van der Waals surface area contributed by atoms with Crippen LogP contribution >= 0.6 is 0 Å². The molecule has 1 aromatic carbocycles. The number of nitrogens with zero attached hydrogens (tertiary/aromatic N) is 1. The van der Waals surface area contributed by atoms with E-state index in [1.165, 1.54) is 49.8 Å². The molecule has 5 N–H and O–H groups in total. The van der Waals surface area contributed by atoms with Crippen molar-refractivity contribution in [3.8, 4) is 0 Å². The molecular weight excluding hydrogens is 236 g/mol. The molecule has 0 atom stereocenters. The molecule has 1 saturated heterocycles. The first-order valence-electron chi connectivity index (χ1n) is 7.31. The topological polar surface area (TPSA) is 64.1 Å². The van der Waals surface area contributed by atoms with Gasteiger partial charge in [0.05, 0.1) is 38.1 Å². The lowest BCUT2D eigenvalue weighted by Gasteiger charge is -2.37. The molecule has 0 aliphatic carbocycles. The zero-order chi connectivity index (χ0) is 13.7. The molecule has 1 heterocycles. The van der Waals surface area contributed by atoms with E-state index >= 15 is 0 Å². The molecule has 0 saturated carbocycles. The minimum Gasteiger partial charge on any atom is -0.399 e. The number of nitrogen functional groups attached to an aromatic ring is 2. The lowest BCUT2D eigenvalue weighted by Crippen LogP contribution is -2.48. The summed E-state index contributed by atoms with van der Waals surface area (Å²) < 4.78 is 1.23. The second-order valence-electron chi connectivity index (χ2n) is 5.98. The Morgan fingerprint density at radius 2 is 1.89 bits per heavy atom. The van der Waals surface area contributed by atoms with Crippen LogP contribution in [0.1, 0.15) is 25.7 Å². The van der Waals surface area contributed by atoms with Gasteiger partial charge in [0.25, 0.3) is 0 Å². The third-order valence-corrected chi connectivity index (χ3v) is 4.16. The van der Waals surface area contributed by atoms with Crippen molar-refractivity contribution in [1.82, 2.24) is 0 Å². The Bertz CT molecular complexity index is 411. The molecule has 1 fully saturated rings. The van der Waals surface area contributed by atoms with Gasteiger partial charge in [0, 0.05) is 18.7 Å². The molecule has 1 aliphatic rings. The first kappa shape index (κ1) is 14.0. The van der Waals surface area contributed by atoms with Crippen molar-refractivity contribution in [1.29, 1.82) is 0 Å². The highest BCUT2D eigenvalue weighted by Crippen LogP contribution is 2.21. The number of likely N-dealkylation sites (tertiary alicyclic amines) is 1. The van der Waals surface area contributed by atoms with E-state index in [2.05, 4.69) is 12.4 Å². The predicted octanol–water partition coefficient (Wildman–Crippen LogP) is 2.28. The molecule has 0 aromatic heterocycles. The number of hydrogen-bond acceptors (Lipinski definition) is 3. The maximum atomic E-state index is 5.92. The average molecular weight is 263 g/mol. The summed E-state index contributed by atoms with van der Waals surface area (Å²) >= 11 is 0. The van der Waals surface area contributed by atoms with Crippen molar-refractivity contribution < 1.29 is 4.48 Å². The van der Waals surface area contributed by atoms with Gasteiger partial charge in [0.1, 0.15) is 0 Å². The number of anilines is 3. The quantitative estimate of drug-likeness (QED) is 0.434. The minimum atomic E-state index is 0.756. The monoisotopic (exact) mass is 263 g/mol. The van der Waals surface area contributed by atoms with Crippen LogP contribution in [-0.4, -0.2) is 37.7 Å². The van der Waals surface area contributed by atoms with Crippen molar-refractivity contribution in [2.75, 3.05) is 50.0 Å². The molecule has 19 heavy (non-hydrogen) atoms. The number of piperidine rings is 1. The number of nitrogens with two attached hydrogens (primary N) is 2. The van der Waals surface area contributed by atoms with Crippen molar-refractivity contribution in [2.24, 2.45) is 0 Å². The molecule has 2 rings (SSSR count). The minimum absolute atomic E-state index is 0.756. The van der Waals surface area contributed by atoms with Crippen LogP contribution in [0, 0.1) is 0 Å². The van der Waals surface area contributed by atoms with Gasteiger partial charge in [0.15, 0.2) is 0 Å². The van der Waals surface area contributed by atoms with E-state index in [9.17, 15) is 0 Å². The van der Waals surface area contributed by atoms with Crippen molar-refractivity contribution >= 4 is 17.1 Å². The van der Waals surface area contributed by atoms with E-state index < -0.39 is 0 Å². The third kappa shape index (κ3) is 4.03. The van der Waals surface area contributed by atoms with Gasteiger partial charge in [-0.2, -0.15) is 0 Å². The van der Waals surface area contributed by atoms with Crippen molar-refractivity contribution in [2.45, 2.75) is 25.7 Å². The van der Waals surface area contributed by atoms with Crippen LogP contribution in [0.25, 0.3) is 0 Å². The maximum Gasteiger partial charge on any atom is 0.0801 e. The normalized spacial score (nSPS) is 18.2. The molecular formula is C15H27N4+. The van der Waals surface area contributed by atoms with Gasteiger partial charge >= 0.3 is 0 Å². The fraction of sp³-hybridized carbons (Fsp3) is 0.600. The Balaban J connectivity index is 1.75. The zero-order valence-corrected chi connectivity index (χ0v) is 12.0. The summed E-state index contributed by atoms with van der Waals surface area (Å²) in [6.07, 6.45) is 5.34. The Morgan fingerprint density at radius 1 is 1.16 bits per heavy atom. The highest BCUT2D eigenvalue weighted by molar-refractivity contribution is 5.70. The van der Waals surface area contributed by atoms with Gasteiger partial charge in [-0.25, -0.2) is 0 Å². The zero-order valence-electron chi connectivity index (χ0n) is 12.0. The van der Waals surface area contributed by atoms with E-state index in [1.807, 2.05) is 18.2 Å². The van der Waals surface area contributed by atoms with Crippen molar-refractivity contribution in [3.63, 3.8) is 0 Å². The van der Waals surface area contributed by atoms with Gasteiger partial charge in [-0.15, -0.1) is 0 Å². The fourth-order valence-electron chi connectivity index (χ4n) is 2.91. The van der Waals surface area contributed by atoms with Crippen LogP contribution in [0.3, 0.4) is 0 Å². The maximum absolute atomic E-state index is 5.92. The molecule has 106 valence electrons. The summed E-state index contributed by atoms with van der Waals surface area (Å²) in [4.78, 5) is 0. The van der Waals surface area contributed by atoms with E-state index in [0.29, 0.717) is 0 Å². The Morgan fingerprint density at radius 3 is 2.63 bits per heavy atom. The molecule has 0 bridgehead atoms. The highest BCUT2D eigenvalue weighted by Gasteiger charge is 2.23. The Hall–Kier alpha value is -1.42. The van der Waals surface area contributed by atoms with Crippen LogP contribution in [0.5, 0.6) is 0 Å². The summed E-state index contributed by atoms with van der Waals surface area (Å²) in [6, 6.07) is 5.60. The molecule has 0 spiro atoms. The van der Waals surface area contributed by atoms with E-state index in [0.717, 1.165) is 23.6 Å². The Kier molecular flexibility index (Phi) is 4.53. The number of rotatable bonds is 5. The SMILES string of the molecule is C[N+]1(CCCNc2cc(N)ccc2N)CCCCC1. The predicted molar refractivity (Wildman–Crippen MR) is 83.0 cm³/mol. The fourth-order valence-corrected chi connectivity index (χ4v) is 2.91. The van der Waals surface area contributed by atoms with Gasteiger partial charge in [-0.1, -0.05) is 0 Å². The van der Waals surface area contributed by atoms with Crippen LogP contribution < -0.4 is 16.8 Å². The summed E-state index contributed by atoms with van der Waals surface area (Å²) in [6.45, 7) is 4.87. The lowest BCUT2D eigenvalue weighted by molar-refractivity contribution is -0.914. The Labute approximate surface area is 116 Å². The van der Waals surface area contributed by atoms with Crippen LogP contribution in [-0.2, 0) is 0 Å². The van der Waals surface area contributed by atoms with Crippen LogP contribution in [0.4, 0.5) is 17.1 Å². The standard InChI is InChI=1S/C15H27N4/c1-19(9-3-2-4-10-19)11-5-8-18-15-12-13(16)6-7-14(15)17/h6-7,12,18H,2-5,8-11,16-17H2,1H3/q+1. The van der Waals surface area contributed by atoms with Gasteiger partial charge < -0.3 is 21.3 Å². The van der Waals surface area contributed by atoms with E-state index in [1.54, 1.807) is 0 Å². The van der Waals surface area contributed by atoms with Crippen molar-refractivity contribution in [3.05, 3.63) is 18.2 Å². The molecule has 4 heteroatoms. The number of nitrogens with one attached hydrogen (secondary N) is 1. The summed E-state index contributed by atoms with van der Waals surface area (Å²) in [5.74, 6) is 0. The van der Waals surface area contributed by atoms with E-state index in [-0.39, 0.29) is 0 Å². The third-order valence-electron chi connectivity index (χ3n) is 4.16. The first-order chi connectivity index (χ1) is 9.09. The summed E-state index contributed by atoms with van der Waals surface area (Å²) in [5.41, 5.74) is 14.2. The molecule has 4 nitrogen and oxygen atoms in total. The highest BCUT2D eigenvalue weighted by atomic mass is 15.3. The second kappa shape index (κ2) is 6.15. The van der Waals surface area contributed by atoms with Gasteiger partial charge in [0.2, 0.25) is 0 Å². The number of quaternary nitrogens is 1. The van der Waals surface area contributed by atoms with E-state index in [4.69, 9.17) is 11.5 Å². The molecule has 0 radical (unpaired) electrons. The molecule has 0 amide bonds. The summed E-state index contributed by atoms with van der Waals surface area (Å²) in [5, 5.41) is 3.40. The number of benzene rings is 1. The smallest absolute Gasteiger partial charge is 0.0801 e. The lowest BCUT2D eigenvalue weighted by atomic mass is 10.1. The molecule has 1 aromatic rings. The van der Waals surface area contributed by atoms with Crippen LogP contribution in [0.15, 0.2) is 18.2 Å². The van der Waals surface area contributed by atoms with Crippen LogP contribution in [0.2, 0.25) is 0 Å². The average Bonchev–Trinajstić information content (AvgIpc) is 2.39.